The molecule has 0 aliphatic carbocycles. The lowest BCUT2D eigenvalue weighted by atomic mass is 10.4. The number of hydrogen-bond donors (Lipinski definition) is 2. The third kappa shape index (κ3) is 14.0. The van der Waals surface area contributed by atoms with Gasteiger partial charge in [-0.2, -0.15) is 11.8 Å². The van der Waals surface area contributed by atoms with Gasteiger partial charge in [-0.15, -0.1) is 12.4 Å². The van der Waals surface area contributed by atoms with Gasteiger partial charge in [0.2, 0.25) is 5.91 Å². The highest BCUT2D eigenvalue weighted by molar-refractivity contribution is 7.98. The van der Waals surface area contributed by atoms with Gasteiger partial charge in [-0.1, -0.05) is 0 Å². The second-order valence-corrected chi connectivity index (χ2v) is 3.85. The number of nitrogens with one attached hydrogen (secondary N) is 2. The summed E-state index contributed by atoms with van der Waals surface area (Å²) in [6, 6.07) is 0. The van der Waals surface area contributed by atoms with E-state index >= 15 is 0 Å². The molecule has 0 aromatic carbocycles. The molecule has 0 saturated carbocycles. The molecular formula is C9H21ClN2O2S. The summed E-state index contributed by atoms with van der Waals surface area (Å²) in [5.41, 5.74) is 0. The standard InChI is InChI=1S/C9H20N2O2S.ClH/c1-13-6-5-10-8-9(12)11-4-3-7-14-2;/h10H,3-8H2,1-2H3,(H,11,12);1H. The number of rotatable bonds is 9. The third-order valence-electron chi connectivity index (χ3n) is 1.62. The maximum Gasteiger partial charge on any atom is 0.233 e. The monoisotopic (exact) mass is 256 g/mol. The van der Waals surface area contributed by atoms with Crippen LogP contribution in [0.3, 0.4) is 0 Å². The Bertz CT molecular complexity index is 136. The van der Waals surface area contributed by atoms with E-state index in [1.54, 1.807) is 18.9 Å². The first-order valence-electron chi connectivity index (χ1n) is 4.76. The van der Waals surface area contributed by atoms with Crippen LogP contribution >= 0.6 is 24.2 Å². The molecule has 0 aromatic rings. The number of carbonyl (C=O) groups is 1. The minimum Gasteiger partial charge on any atom is -0.383 e. The van der Waals surface area contributed by atoms with Gasteiger partial charge in [0.15, 0.2) is 0 Å². The number of thioether (sulfide) groups is 1. The van der Waals surface area contributed by atoms with Crippen LogP contribution in [-0.4, -0.2) is 51.3 Å². The normalized spacial score (nSPS) is 9.47. The predicted octanol–water partition coefficient (Wildman–Crippen LogP) is 0.513. The van der Waals surface area contributed by atoms with E-state index < -0.39 is 0 Å². The molecule has 6 heteroatoms. The molecule has 0 saturated heterocycles. The van der Waals surface area contributed by atoms with Gasteiger partial charge >= 0.3 is 0 Å². The van der Waals surface area contributed by atoms with Gasteiger partial charge in [0.05, 0.1) is 13.2 Å². The SMILES string of the molecule is COCCNCC(=O)NCCCSC.Cl. The van der Waals surface area contributed by atoms with Crippen molar-refractivity contribution in [3.63, 3.8) is 0 Å². The first-order valence-corrected chi connectivity index (χ1v) is 6.16. The molecule has 0 atom stereocenters. The van der Waals surface area contributed by atoms with Gasteiger partial charge in [0.1, 0.15) is 0 Å². The van der Waals surface area contributed by atoms with Gasteiger partial charge in [0.25, 0.3) is 0 Å². The highest BCUT2D eigenvalue weighted by atomic mass is 35.5. The molecule has 0 heterocycles. The second-order valence-electron chi connectivity index (χ2n) is 2.87. The Hall–Kier alpha value is 0.0300. The zero-order valence-corrected chi connectivity index (χ0v) is 11.0. The number of halogens is 1. The fraction of sp³-hybridized carbons (Fsp3) is 0.889. The quantitative estimate of drug-likeness (QED) is 0.591. The molecule has 2 N–H and O–H groups in total. The van der Waals surface area contributed by atoms with Crippen LogP contribution in [-0.2, 0) is 9.53 Å². The van der Waals surface area contributed by atoms with Crippen molar-refractivity contribution in [3.05, 3.63) is 0 Å². The molecule has 0 unspecified atom stereocenters. The number of ether oxygens (including phenoxy) is 1. The third-order valence-corrected chi connectivity index (χ3v) is 2.31. The molecule has 0 aliphatic rings. The van der Waals surface area contributed by atoms with Crippen molar-refractivity contribution in [3.8, 4) is 0 Å². The highest BCUT2D eigenvalue weighted by Crippen LogP contribution is 1.92. The summed E-state index contributed by atoms with van der Waals surface area (Å²) < 4.78 is 4.84. The Morgan fingerprint density at radius 3 is 2.73 bits per heavy atom. The van der Waals surface area contributed by atoms with Gasteiger partial charge in [0, 0.05) is 20.2 Å². The lowest BCUT2D eigenvalue weighted by Crippen LogP contribution is -2.35. The summed E-state index contributed by atoms with van der Waals surface area (Å²) >= 11 is 1.79. The van der Waals surface area contributed by atoms with E-state index in [1.165, 1.54) is 0 Å². The van der Waals surface area contributed by atoms with Crippen LogP contribution in [0.5, 0.6) is 0 Å². The maximum absolute atomic E-state index is 11.1. The van der Waals surface area contributed by atoms with Crippen molar-refractivity contribution in [1.82, 2.24) is 10.6 Å². The first-order chi connectivity index (χ1) is 6.81. The Morgan fingerprint density at radius 2 is 2.13 bits per heavy atom. The number of hydrogen-bond acceptors (Lipinski definition) is 4. The van der Waals surface area contributed by atoms with Gasteiger partial charge in [-0.3, -0.25) is 4.79 Å². The van der Waals surface area contributed by atoms with E-state index in [9.17, 15) is 4.79 Å². The summed E-state index contributed by atoms with van der Waals surface area (Å²) in [5, 5.41) is 5.82. The summed E-state index contributed by atoms with van der Waals surface area (Å²) in [5.74, 6) is 1.15. The summed E-state index contributed by atoms with van der Waals surface area (Å²) in [7, 11) is 1.64. The Morgan fingerprint density at radius 1 is 1.40 bits per heavy atom. The lowest BCUT2D eigenvalue weighted by molar-refractivity contribution is -0.120. The molecule has 92 valence electrons. The average Bonchev–Trinajstić information content (AvgIpc) is 2.19. The maximum atomic E-state index is 11.1. The molecule has 0 aromatic heterocycles. The van der Waals surface area contributed by atoms with E-state index in [0.717, 1.165) is 18.7 Å². The summed E-state index contributed by atoms with van der Waals surface area (Å²) in [6.07, 6.45) is 3.10. The smallest absolute Gasteiger partial charge is 0.233 e. The van der Waals surface area contributed by atoms with Gasteiger partial charge < -0.3 is 15.4 Å². The molecule has 4 nitrogen and oxygen atoms in total. The van der Waals surface area contributed by atoms with E-state index in [-0.39, 0.29) is 18.3 Å². The van der Waals surface area contributed by atoms with Crippen LogP contribution in [0.25, 0.3) is 0 Å². The zero-order valence-electron chi connectivity index (χ0n) is 9.38. The van der Waals surface area contributed by atoms with Gasteiger partial charge in [-0.25, -0.2) is 0 Å². The van der Waals surface area contributed by atoms with Crippen LogP contribution in [0.15, 0.2) is 0 Å². The lowest BCUT2D eigenvalue weighted by Gasteiger charge is -2.05. The van der Waals surface area contributed by atoms with Crippen molar-refractivity contribution in [2.45, 2.75) is 6.42 Å². The topological polar surface area (TPSA) is 50.4 Å². The minimum absolute atomic E-state index is 0. The highest BCUT2D eigenvalue weighted by Gasteiger charge is 1.98. The van der Waals surface area contributed by atoms with Crippen LogP contribution in [0.1, 0.15) is 6.42 Å². The Labute approximate surface area is 102 Å². The second kappa shape index (κ2) is 14.0. The minimum atomic E-state index is 0. The summed E-state index contributed by atoms with van der Waals surface area (Å²) in [4.78, 5) is 11.1. The number of methoxy groups -OCH3 is 1. The van der Waals surface area contributed by atoms with E-state index in [2.05, 4.69) is 16.9 Å². The van der Waals surface area contributed by atoms with Crippen LogP contribution in [0.4, 0.5) is 0 Å². The molecular weight excluding hydrogens is 236 g/mol. The van der Waals surface area contributed by atoms with Crippen molar-refractivity contribution < 1.29 is 9.53 Å². The fourth-order valence-corrected chi connectivity index (χ4v) is 1.32. The number of amides is 1. The Kier molecular flexibility index (Phi) is 16.3. The molecule has 0 bridgehead atoms. The van der Waals surface area contributed by atoms with Gasteiger partial charge in [-0.05, 0) is 18.4 Å². The van der Waals surface area contributed by atoms with Crippen molar-refractivity contribution in [2.24, 2.45) is 0 Å². The molecule has 0 radical (unpaired) electrons. The van der Waals surface area contributed by atoms with Crippen molar-refractivity contribution in [1.29, 1.82) is 0 Å². The van der Waals surface area contributed by atoms with Crippen LogP contribution in [0.2, 0.25) is 0 Å². The zero-order chi connectivity index (χ0) is 10.6. The van der Waals surface area contributed by atoms with E-state index in [4.69, 9.17) is 4.74 Å². The van der Waals surface area contributed by atoms with Crippen LogP contribution < -0.4 is 10.6 Å². The number of carbonyl (C=O) groups excluding carboxylic acids is 1. The molecule has 0 fully saturated rings. The molecule has 0 spiro atoms. The predicted molar refractivity (Wildman–Crippen MR) is 68.0 cm³/mol. The van der Waals surface area contributed by atoms with Crippen molar-refractivity contribution >= 4 is 30.1 Å². The molecule has 0 rings (SSSR count). The molecule has 0 aliphatic heterocycles. The summed E-state index contributed by atoms with van der Waals surface area (Å²) in [6.45, 7) is 2.50. The largest absolute Gasteiger partial charge is 0.383 e. The van der Waals surface area contributed by atoms with E-state index in [0.29, 0.717) is 19.7 Å². The first kappa shape index (κ1) is 17.4. The molecule has 15 heavy (non-hydrogen) atoms. The van der Waals surface area contributed by atoms with E-state index in [1.807, 2.05) is 0 Å². The molecule has 1 amide bonds. The van der Waals surface area contributed by atoms with Crippen LogP contribution in [0, 0.1) is 0 Å². The van der Waals surface area contributed by atoms with Crippen molar-refractivity contribution in [2.75, 3.05) is 45.4 Å². The average molecular weight is 257 g/mol. The Balaban J connectivity index is 0. The fourth-order valence-electron chi connectivity index (χ4n) is 0.883.